The summed E-state index contributed by atoms with van der Waals surface area (Å²) in [4.78, 5) is 2.46. The number of nitrogens with one attached hydrogen (secondary N) is 1. The predicted octanol–water partition coefficient (Wildman–Crippen LogP) is 11.2. The lowest BCUT2D eigenvalue weighted by molar-refractivity contribution is 0.660. The van der Waals surface area contributed by atoms with E-state index in [0.29, 0.717) is 0 Å². The fourth-order valence-electron chi connectivity index (χ4n) is 8.44. The van der Waals surface area contributed by atoms with Gasteiger partial charge < -0.3 is 10.2 Å². The van der Waals surface area contributed by atoms with Crippen LogP contribution in [-0.4, -0.2) is 15.1 Å². The van der Waals surface area contributed by atoms with Crippen molar-refractivity contribution in [3.63, 3.8) is 0 Å². The largest absolute Gasteiger partial charge is 0.356 e. The zero-order chi connectivity index (χ0) is 37.6. The molecule has 8 rings (SSSR count). The van der Waals surface area contributed by atoms with Gasteiger partial charge in [0.15, 0.2) is 7.28 Å². The van der Waals surface area contributed by atoms with Crippen molar-refractivity contribution in [1.82, 2.24) is 0 Å². The molecule has 0 amide bonds. The van der Waals surface area contributed by atoms with Crippen molar-refractivity contribution in [3.8, 4) is 22.3 Å². The summed E-state index contributed by atoms with van der Waals surface area (Å²) in [5.74, 6) is 0. The standard InChI is InChI=1S/C50H45B2N2/c1-7-35(30-37-17-11-14-20-45(37)53-39-24-21-32(2)22-25-39)33(3)29-47-34(4)52-44-27-26-41-40-18-12-13-19-43(40)50(5,6)48(41)49(44)54(47)46-28-23-38(51)31-42(46)36-15-9-8-10-16-36/h7-10,12-13,15-29,31,53H,1,4,11,14,30H2,2-3,5-6H3/b35-33-,47-29+. The summed E-state index contributed by atoms with van der Waals surface area (Å²) in [6.45, 7) is 18.1. The average Bonchev–Trinajstić information content (AvgIpc) is 3.42. The molecule has 0 saturated heterocycles. The molecule has 0 aromatic heterocycles. The summed E-state index contributed by atoms with van der Waals surface area (Å²) in [6.07, 6.45) is 11.9. The molecule has 5 aromatic carbocycles. The summed E-state index contributed by atoms with van der Waals surface area (Å²) in [5.41, 5.74) is 20.4. The maximum Gasteiger partial charge on any atom is 0.196 e. The molecule has 3 aliphatic rings. The molecule has 0 unspecified atom stereocenters. The van der Waals surface area contributed by atoms with Crippen LogP contribution in [0.4, 0.5) is 17.1 Å². The topological polar surface area (TPSA) is 15.3 Å². The van der Waals surface area contributed by atoms with Crippen molar-refractivity contribution in [2.75, 3.05) is 10.2 Å². The van der Waals surface area contributed by atoms with Crippen LogP contribution < -0.4 is 21.1 Å². The van der Waals surface area contributed by atoms with Crippen molar-refractivity contribution in [2.45, 2.75) is 52.4 Å². The van der Waals surface area contributed by atoms with Gasteiger partial charge in [-0.15, -0.1) is 6.58 Å². The first-order valence-electron chi connectivity index (χ1n) is 19.0. The van der Waals surface area contributed by atoms with E-state index in [0.717, 1.165) is 69.4 Å². The molecule has 0 spiro atoms. The highest BCUT2D eigenvalue weighted by Gasteiger charge is 2.42. The molecule has 261 valence electrons. The minimum absolute atomic E-state index is 0.230. The summed E-state index contributed by atoms with van der Waals surface area (Å²) >= 11 is 0. The number of aryl methyl sites for hydroxylation is 1. The molecular formula is C50H45B2N2. The van der Waals surface area contributed by atoms with Gasteiger partial charge in [0, 0.05) is 33.7 Å². The van der Waals surface area contributed by atoms with Gasteiger partial charge in [-0.3, -0.25) is 0 Å². The van der Waals surface area contributed by atoms with Crippen LogP contribution in [0.25, 0.3) is 22.3 Å². The van der Waals surface area contributed by atoms with E-state index in [1.54, 1.807) is 0 Å². The monoisotopic (exact) mass is 695 g/mol. The number of nitrogens with zero attached hydrogens (tertiary/aromatic N) is 1. The highest BCUT2D eigenvalue weighted by atomic mass is 15.2. The maximum absolute atomic E-state index is 6.55. The first kappa shape index (κ1) is 35.3. The Morgan fingerprint density at radius 1 is 0.870 bits per heavy atom. The third-order valence-corrected chi connectivity index (χ3v) is 11.3. The quantitative estimate of drug-likeness (QED) is 0.128. The minimum atomic E-state index is -0.230. The van der Waals surface area contributed by atoms with E-state index < -0.39 is 0 Å². The smallest absolute Gasteiger partial charge is 0.196 e. The normalized spacial score (nSPS) is 16.7. The van der Waals surface area contributed by atoms with Crippen LogP contribution in [-0.2, 0) is 5.41 Å². The number of benzene rings is 5. The van der Waals surface area contributed by atoms with Crippen LogP contribution in [0, 0.1) is 6.92 Å². The Hall–Kier alpha value is -5.73. The molecule has 0 atom stereocenters. The number of fused-ring (bicyclic) bond motifs is 5. The Labute approximate surface area is 323 Å². The summed E-state index contributed by atoms with van der Waals surface area (Å²) in [6, 6.07) is 38.9. The Morgan fingerprint density at radius 2 is 1.61 bits per heavy atom. The molecule has 1 N–H and O–H groups in total. The first-order chi connectivity index (χ1) is 26.1. The van der Waals surface area contributed by atoms with E-state index in [9.17, 15) is 0 Å². The van der Waals surface area contributed by atoms with Gasteiger partial charge in [-0.2, -0.15) is 0 Å². The third kappa shape index (κ3) is 6.34. The fraction of sp³-hybridized carbons (Fsp3) is 0.160. The molecule has 0 saturated carbocycles. The molecule has 1 heterocycles. The van der Waals surface area contributed by atoms with E-state index in [4.69, 9.17) is 14.4 Å². The van der Waals surface area contributed by atoms with E-state index in [1.165, 1.54) is 50.3 Å². The zero-order valence-corrected chi connectivity index (χ0v) is 31.8. The van der Waals surface area contributed by atoms with E-state index in [2.05, 4.69) is 173 Å². The van der Waals surface area contributed by atoms with Crippen molar-refractivity contribution >= 4 is 43.1 Å². The molecule has 54 heavy (non-hydrogen) atoms. The average molecular weight is 696 g/mol. The summed E-state index contributed by atoms with van der Waals surface area (Å²) in [7, 11) is 8.80. The van der Waals surface area contributed by atoms with Crippen LogP contribution in [0.1, 0.15) is 56.7 Å². The van der Waals surface area contributed by atoms with E-state index >= 15 is 0 Å². The second kappa shape index (κ2) is 14.3. The summed E-state index contributed by atoms with van der Waals surface area (Å²) < 4.78 is 0. The maximum atomic E-state index is 6.55. The molecule has 2 nitrogen and oxygen atoms in total. The van der Waals surface area contributed by atoms with Gasteiger partial charge >= 0.3 is 0 Å². The van der Waals surface area contributed by atoms with Crippen molar-refractivity contribution in [2.24, 2.45) is 0 Å². The molecule has 1 aliphatic heterocycles. The van der Waals surface area contributed by atoms with Gasteiger partial charge in [-0.1, -0.05) is 152 Å². The molecular weight excluding hydrogens is 650 g/mol. The van der Waals surface area contributed by atoms with Crippen molar-refractivity contribution in [1.29, 1.82) is 0 Å². The van der Waals surface area contributed by atoms with Gasteiger partial charge in [-0.25, -0.2) is 0 Å². The van der Waals surface area contributed by atoms with Crippen molar-refractivity contribution < 1.29 is 0 Å². The highest BCUT2D eigenvalue weighted by Crippen LogP contribution is 2.54. The van der Waals surface area contributed by atoms with Crippen LogP contribution >= 0.6 is 0 Å². The lowest BCUT2D eigenvalue weighted by Gasteiger charge is -2.40. The Kier molecular flexibility index (Phi) is 9.32. The summed E-state index contributed by atoms with van der Waals surface area (Å²) in [5, 5.41) is 3.70. The Bertz CT molecular complexity index is 2440. The SMILES string of the molecule is [B]c1ccc(N2/C(=C/C(C)=C(/C=C)CC3=CCCC=C3Nc3ccc(C)cc3)C(=C)[B]c3ccc4c(c32)C(C)(C)c2ccccc2-4)c(-c2ccccc2)c1. The molecule has 5 aromatic rings. The Morgan fingerprint density at radius 3 is 2.39 bits per heavy atom. The molecule has 3 radical (unpaired) electrons. The zero-order valence-electron chi connectivity index (χ0n) is 31.8. The highest BCUT2D eigenvalue weighted by molar-refractivity contribution is 6.65. The number of rotatable bonds is 8. The number of hydrogen-bond donors (Lipinski definition) is 1. The molecule has 0 bridgehead atoms. The van der Waals surface area contributed by atoms with Crippen molar-refractivity contribution in [3.05, 3.63) is 197 Å². The Balaban J connectivity index is 1.29. The van der Waals surface area contributed by atoms with Crippen LogP contribution in [0.15, 0.2) is 180 Å². The molecule has 0 fully saturated rings. The van der Waals surface area contributed by atoms with Crippen LogP contribution in [0.2, 0.25) is 0 Å². The molecule has 4 heteroatoms. The number of allylic oxidation sites excluding steroid dienone is 8. The second-order valence-electron chi connectivity index (χ2n) is 15.3. The molecule has 2 aliphatic carbocycles. The predicted molar refractivity (Wildman–Crippen MR) is 234 cm³/mol. The van der Waals surface area contributed by atoms with E-state index in [-0.39, 0.29) is 5.41 Å². The number of hydrogen-bond acceptors (Lipinski definition) is 2. The van der Waals surface area contributed by atoms with E-state index in [1.807, 2.05) is 12.1 Å². The van der Waals surface area contributed by atoms with Gasteiger partial charge in [0.2, 0.25) is 0 Å². The van der Waals surface area contributed by atoms with Gasteiger partial charge in [0.25, 0.3) is 0 Å². The lowest BCUT2D eigenvalue weighted by Crippen LogP contribution is -2.38. The third-order valence-electron chi connectivity index (χ3n) is 11.3. The number of anilines is 3. The van der Waals surface area contributed by atoms with Crippen LogP contribution in [0.5, 0.6) is 0 Å². The minimum Gasteiger partial charge on any atom is -0.356 e. The van der Waals surface area contributed by atoms with Gasteiger partial charge in [0.05, 0.1) is 5.69 Å². The van der Waals surface area contributed by atoms with Gasteiger partial charge in [-0.05, 0) is 102 Å². The second-order valence-corrected chi connectivity index (χ2v) is 15.3. The van der Waals surface area contributed by atoms with Gasteiger partial charge in [0.1, 0.15) is 7.85 Å². The van der Waals surface area contributed by atoms with Crippen LogP contribution in [0.3, 0.4) is 0 Å². The lowest BCUT2D eigenvalue weighted by atomic mass is 9.57. The first-order valence-corrected chi connectivity index (χ1v) is 19.0. The fourth-order valence-corrected chi connectivity index (χ4v) is 8.44.